The van der Waals surface area contributed by atoms with Crippen LogP contribution in [0.2, 0.25) is 0 Å². The molecule has 3 aromatic rings. The van der Waals surface area contributed by atoms with Crippen LogP contribution in [0, 0.1) is 6.92 Å². The molecule has 1 aromatic carbocycles. The van der Waals surface area contributed by atoms with Gasteiger partial charge in [0.2, 0.25) is 0 Å². The van der Waals surface area contributed by atoms with Gasteiger partial charge < -0.3 is 9.64 Å². The molecule has 0 spiro atoms. The van der Waals surface area contributed by atoms with Gasteiger partial charge in [0.05, 0.1) is 5.69 Å². The maximum Gasteiger partial charge on any atom is 0.263 e. The Morgan fingerprint density at radius 1 is 1.07 bits per heavy atom. The van der Waals surface area contributed by atoms with E-state index >= 15 is 0 Å². The molecule has 1 aliphatic carbocycles. The first-order valence-electron chi connectivity index (χ1n) is 10.8. The Hall–Kier alpha value is -2.96. The van der Waals surface area contributed by atoms with E-state index in [9.17, 15) is 4.79 Å². The number of nitrogens with zero attached hydrogens (tertiary/aromatic N) is 5. The summed E-state index contributed by atoms with van der Waals surface area (Å²) in [5.74, 6) is 2.55. The molecule has 2 aromatic heterocycles. The fraction of sp³-hybridized carbons (Fsp3) is 0.478. The van der Waals surface area contributed by atoms with Crippen molar-refractivity contribution < 1.29 is 9.53 Å². The van der Waals surface area contributed by atoms with Crippen molar-refractivity contribution in [3.05, 3.63) is 53.5 Å². The van der Waals surface area contributed by atoms with Crippen molar-refractivity contribution in [1.29, 1.82) is 0 Å². The van der Waals surface area contributed by atoms with Gasteiger partial charge in [-0.25, -0.2) is 0 Å². The van der Waals surface area contributed by atoms with Crippen LogP contribution in [0.25, 0.3) is 5.65 Å². The summed E-state index contributed by atoms with van der Waals surface area (Å²) in [6.07, 6.45) is 3.66. The molecule has 30 heavy (non-hydrogen) atoms. The highest BCUT2D eigenvalue weighted by Gasteiger charge is 2.31. The zero-order valence-electron chi connectivity index (χ0n) is 17.5. The molecule has 1 amide bonds. The van der Waals surface area contributed by atoms with Crippen molar-refractivity contribution in [3.63, 3.8) is 0 Å². The van der Waals surface area contributed by atoms with Crippen molar-refractivity contribution in [2.45, 2.75) is 57.5 Å². The third kappa shape index (κ3) is 3.76. The van der Waals surface area contributed by atoms with Gasteiger partial charge in [0.25, 0.3) is 5.91 Å². The summed E-state index contributed by atoms with van der Waals surface area (Å²) in [5, 5.41) is 13.5. The van der Waals surface area contributed by atoms with Crippen LogP contribution in [-0.4, -0.2) is 49.8 Å². The maximum absolute atomic E-state index is 12.9. The number of carbonyl (C=O) groups is 1. The third-order valence-electron chi connectivity index (χ3n) is 6.13. The van der Waals surface area contributed by atoms with E-state index in [1.807, 2.05) is 53.6 Å². The van der Waals surface area contributed by atoms with E-state index in [-0.39, 0.29) is 11.8 Å². The predicted octanol–water partition coefficient (Wildman–Crippen LogP) is 3.48. The summed E-state index contributed by atoms with van der Waals surface area (Å²) in [6.45, 7) is 5.23. The molecular formula is C23H27N5O2. The summed E-state index contributed by atoms with van der Waals surface area (Å²) < 4.78 is 7.80. The first kappa shape index (κ1) is 19.0. The van der Waals surface area contributed by atoms with E-state index in [0.29, 0.717) is 19.0 Å². The van der Waals surface area contributed by atoms with E-state index in [2.05, 4.69) is 16.3 Å². The number of aryl methyl sites for hydroxylation is 1. The standard InChI is InChI=1S/C23H27N5O2/c1-15-4-3-5-19(14-15)30-16(2)23(29)27-12-10-18(11-13-27)22-25-24-21-9-8-20(17-6-7-17)26-28(21)22/h3-5,8-9,14,16-18H,6-7,10-13H2,1-2H3. The summed E-state index contributed by atoms with van der Waals surface area (Å²) in [4.78, 5) is 14.8. The molecule has 1 saturated heterocycles. The molecule has 156 valence electrons. The van der Waals surface area contributed by atoms with Gasteiger partial charge in [-0.2, -0.15) is 9.61 Å². The van der Waals surface area contributed by atoms with E-state index in [0.717, 1.165) is 41.3 Å². The van der Waals surface area contributed by atoms with Crippen molar-refractivity contribution in [2.75, 3.05) is 13.1 Å². The molecule has 7 heteroatoms. The molecule has 1 aliphatic heterocycles. The van der Waals surface area contributed by atoms with Gasteiger partial charge in [-0.1, -0.05) is 12.1 Å². The van der Waals surface area contributed by atoms with Gasteiger partial charge in [-0.05, 0) is 69.4 Å². The van der Waals surface area contributed by atoms with Crippen molar-refractivity contribution >= 4 is 11.6 Å². The number of aromatic nitrogens is 4. The Morgan fingerprint density at radius 3 is 2.60 bits per heavy atom. The number of ether oxygens (including phenoxy) is 1. The molecule has 1 atom stereocenters. The van der Waals surface area contributed by atoms with Gasteiger partial charge in [0.1, 0.15) is 5.75 Å². The van der Waals surface area contributed by atoms with Gasteiger partial charge in [-0.3, -0.25) is 4.79 Å². The number of carbonyl (C=O) groups excluding carboxylic acids is 1. The number of hydrogen-bond acceptors (Lipinski definition) is 5. The second-order valence-corrected chi connectivity index (χ2v) is 8.54. The summed E-state index contributed by atoms with van der Waals surface area (Å²) in [6, 6.07) is 11.9. The maximum atomic E-state index is 12.9. The molecule has 1 saturated carbocycles. The number of piperidine rings is 1. The highest BCUT2D eigenvalue weighted by molar-refractivity contribution is 5.81. The SMILES string of the molecule is Cc1cccc(OC(C)C(=O)N2CCC(c3nnc4ccc(C5CC5)nn34)CC2)c1. The number of amides is 1. The van der Waals surface area contributed by atoms with Crippen LogP contribution >= 0.6 is 0 Å². The number of hydrogen-bond donors (Lipinski definition) is 0. The second kappa shape index (κ2) is 7.70. The number of likely N-dealkylation sites (tertiary alicyclic amines) is 1. The molecule has 7 nitrogen and oxygen atoms in total. The first-order chi connectivity index (χ1) is 14.6. The van der Waals surface area contributed by atoms with Crippen LogP contribution in [-0.2, 0) is 4.79 Å². The monoisotopic (exact) mass is 405 g/mol. The van der Waals surface area contributed by atoms with E-state index < -0.39 is 6.10 Å². The van der Waals surface area contributed by atoms with Gasteiger partial charge in [0.15, 0.2) is 17.6 Å². The molecule has 1 unspecified atom stereocenters. The predicted molar refractivity (Wildman–Crippen MR) is 113 cm³/mol. The highest BCUT2D eigenvalue weighted by Crippen LogP contribution is 2.39. The fourth-order valence-corrected chi connectivity index (χ4v) is 4.23. The lowest BCUT2D eigenvalue weighted by molar-refractivity contribution is -0.139. The minimum absolute atomic E-state index is 0.0372. The van der Waals surface area contributed by atoms with Crippen LogP contribution < -0.4 is 4.74 Å². The molecule has 0 N–H and O–H groups in total. The second-order valence-electron chi connectivity index (χ2n) is 8.54. The molecular weight excluding hydrogens is 378 g/mol. The number of fused-ring (bicyclic) bond motifs is 1. The Morgan fingerprint density at radius 2 is 1.87 bits per heavy atom. The largest absolute Gasteiger partial charge is 0.481 e. The Labute approximate surface area is 176 Å². The smallest absolute Gasteiger partial charge is 0.263 e. The van der Waals surface area contributed by atoms with Gasteiger partial charge in [-0.15, -0.1) is 10.2 Å². The van der Waals surface area contributed by atoms with Gasteiger partial charge in [0, 0.05) is 24.9 Å². The topological polar surface area (TPSA) is 72.6 Å². The van der Waals surface area contributed by atoms with Crippen LogP contribution in [0.15, 0.2) is 36.4 Å². The lowest BCUT2D eigenvalue weighted by atomic mass is 9.96. The van der Waals surface area contributed by atoms with Crippen molar-refractivity contribution in [2.24, 2.45) is 0 Å². The van der Waals surface area contributed by atoms with E-state index in [4.69, 9.17) is 9.84 Å². The summed E-state index contributed by atoms with van der Waals surface area (Å²) in [7, 11) is 0. The molecule has 5 rings (SSSR count). The molecule has 0 radical (unpaired) electrons. The lowest BCUT2D eigenvalue weighted by Crippen LogP contribution is -2.44. The van der Waals surface area contributed by atoms with Crippen LogP contribution in [0.5, 0.6) is 5.75 Å². The summed E-state index contributed by atoms with van der Waals surface area (Å²) in [5.41, 5.74) is 3.05. The van der Waals surface area contributed by atoms with Crippen molar-refractivity contribution in [1.82, 2.24) is 24.7 Å². The molecule has 3 heterocycles. The Kier molecular flexibility index (Phi) is 4.89. The Bertz CT molecular complexity index is 1070. The van der Waals surface area contributed by atoms with Crippen LogP contribution in [0.4, 0.5) is 0 Å². The quantitative estimate of drug-likeness (QED) is 0.650. The first-order valence-corrected chi connectivity index (χ1v) is 10.8. The lowest BCUT2D eigenvalue weighted by Gasteiger charge is -2.32. The zero-order chi connectivity index (χ0) is 20.7. The summed E-state index contributed by atoms with van der Waals surface area (Å²) >= 11 is 0. The number of benzene rings is 1. The zero-order valence-corrected chi connectivity index (χ0v) is 17.5. The van der Waals surface area contributed by atoms with E-state index in [1.54, 1.807) is 0 Å². The van der Waals surface area contributed by atoms with E-state index in [1.165, 1.54) is 12.8 Å². The molecule has 0 bridgehead atoms. The molecule has 2 aliphatic rings. The Balaban J connectivity index is 1.23. The fourth-order valence-electron chi connectivity index (χ4n) is 4.23. The minimum atomic E-state index is -0.500. The highest BCUT2D eigenvalue weighted by atomic mass is 16.5. The van der Waals surface area contributed by atoms with Crippen LogP contribution in [0.3, 0.4) is 0 Å². The van der Waals surface area contributed by atoms with Crippen molar-refractivity contribution in [3.8, 4) is 5.75 Å². The number of rotatable bonds is 5. The normalized spacial score (nSPS) is 18.5. The molecule has 2 fully saturated rings. The minimum Gasteiger partial charge on any atom is -0.481 e. The average molecular weight is 406 g/mol. The average Bonchev–Trinajstić information content (AvgIpc) is 3.52. The third-order valence-corrected chi connectivity index (χ3v) is 6.13. The van der Waals surface area contributed by atoms with Crippen LogP contribution in [0.1, 0.15) is 61.5 Å². The van der Waals surface area contributed by atoms with Gasteiger partial charge >= 0.3 is 0 Å².